The molecule has 7 nitrogen and oxygen atoms in total. The van der Waals surface area contributed by atoms with E-state index < -0.39 is 17.8 Å². The molecule has 0 spiro atoms. The van der Waals surface area contributed by atoms with Crippen molar-refractivity contribution in [3.63, 3.8) is 0 Å². The molecule has 0 bridgehead atoms. The first-order valence-corrected chi connectivity index (χ1v) is 11.0. The molecular formula is C26H21ClFN3O4. The summed E-state index contributed by atoms with van der Waals surface area (Å²) in [4.78, 5) is 38.1. The minimum atomic E-state index is -0.573. The first-order chi connectivity index (χ1) is 16.8. The van der Waals surface area contributed by atoms with Crippen molar-refractivity contribution in [2.24, 2.45) is 0 Å². The summed E-state index contributed by atoms with van der Waals surface area (Å²) in [5, 5.41) is 5.50. The Morgan fingerprint density at radius 2 is 1.80 bits per heavy atom. The number of carbonyl (C=O) groups is 3. The molecule has 0 unspecified atom stereocenters. The van der Waals surface area contributed by atoms with Crippen molar-refractivity contribution in [1.29, 1.82) is 0 Å². The summed E-state index contributed by atoms with van der Waals surface area (Å²) in [7, 11) is 0. The second kappa shape index (κ2) is 10.4. The van der Waals surface area contributed by atoms with Gasteiger partial charge in [0.15, 0.2) is 6.61 Å². The lowest BCUT2D eigenvalue weighted by Gasteiger charge is -2.11. The van der Waals surface area contributed by atoms with Crippen LogP contribution in [-0.4, -0.2) is 29.4 Å². The summed E-state index contributed by atoms with van der Waals surface area (Å²) in [6, 6.07) is 17.1. The molecule has 1 aliphatic heterocycles. The Bertz CT molecular complexity index is 1310. The molecule has 178 valence electrons. The van der Waals surface area contributed by atoms with E-state index in [1.54, 1.807) is 30.3 Å². The molecule has 4 rings (SSSR count). The number of benzene rings is 3. The Morgan fingerprint density at radius 1 is 1.09 bits per heavy atom. The van der Waals surface area contributed by atoms with Crippen molar-refractivity contribution < 1.29 is 23.5 Å². The number of imide groups is 1. The minimum Gasteiger partial charge on any atom is -0.482 e. The van der Waals surface area contributed by atoms with Gasteiger partial charge in [-0.25, -0.2) is 9.18 Å². The molecule has 0 radical (unpaired) electrons. The van der Waals surface area contributed by atoms with E-state index in [9.17, 15) is 18.8 Å². The number of hydrogen-bond donors (Lipinski definition) is 2. The molecule has 1 fully saturated rings. The van der Waals surface area contributed by atoms with Crippen LogP contribution in [0.4, 0.5) is 14.9 Å². The molecule has 0 aliphatic carbocycles. The van der Waals surface area contributed by atoms with E-state index in [0.717, 1.165) is 10.5 Å². The van der Waals surface area contributed by atoms with E-state index in [0.29, 0.717) is 22.6 Å². The number of urea groups is 1. The lowest BCUT2D eigenvalue weighted by molar-refractivity contribution is -0.123. The fourth-order valence-electron chi connectivity index (χ4n) is 3.36. The Kier molecular flexibility index (Phi) is 7.12. The highest BCUT2D eigenvalue weighted by molar-refractivity contribution is 6.32. The average molecular weight is 494 g/mol. The third kappa shape index (κ3) is 6.04. The first kappa shape index (κ1) is 24.0. The van der Waals surface area contributed by atoms with E-state index in [4.69, 9.17) is 16.3 Å². The van der Waals surface area contributed by atoms with Crippen molar-refractivity contribution in [3.8, 4) is 5.75 Å². The van der Waals surface area contributed by atoms with Gasteiger partial charge in [-0.15, -0.1) is 0 Å². The van der Waals surface area contributed by atoms with Crippen LogP contribution in [0.5, 0.6) is 5.75 Å². The normalized spacial score (nSPS) is 14.3. The van der Waals surface area contributed by atoms with Crippen LogP contribution in [0.2, 0.25) is 5.02 Å². The topological polar surface area (TPSA) is 87.7 Å². The van der Waals surface area contributed by atoms with Crippen LogP contribution in [0.3, 0.4) is 0 Å². The number of aryl methyl sites for hydroxylation is 1. The van der Waals surface area contributed by atoms with Gasteiger partial charge >= 0.3 is 6.03 Å². The molecule has 2 N–H and O–H groups in total. The summed E-state index contributed by atoms with van der Waals surface area (Å²) in [5.74, 6) is -0.949. The van der Waals surface area contributed by atoms with E-state index in [-0.39, 0.29) is 29.8 Å². The fourth-order valence-corrected chi connectivity index (χ4v) is 3.60. The number of ether oxygens (including phenoxy) is 1. The molecule has 1 saturated heterocycles. The number of amides is 4. The zero-order valence-corrected chi connectivity index (χ0v) is 19.4. The second-order valence-corrected chi connectivity index (χ2v) is 8.31. The zero-order valence-electron chi connectivity index (χ0n) is 18.7. The van der Waals surface area contributed by atoms with Crippen LogP contribution in [0.15, 0.2) is 72.4 Å². The van der Waals surface area contributed by atoms with Crippen molar-refractivity contribution in [2.75, 3.05) is 11.9 Å². The smallest absolute Gasteiger partial charge is 0.329 e. The largest absolute Gasteiger partial charge is 0.482 e. The summed E-state index contributed by atoms with van der Waals surface area (Å²) in [5.41, 5.74) is 3.00. The number of anilines is 1. The van der Waals surface area contributed by atoms with Crippen LogP contribution in [0.1, 0.15) is 16.7 Å². The number of carbonyl (C=O) groups excluding carboxylic acids is 3. The van der Waals surface area contributed by atoms with Gasteiger partial charge in [-0.3, -0.25) is 14.5 Å². The predicted octanol–water partition coefficient (Wildman–Crippen LogP) is 4.90. The maximum Gasteiger partial charge on any atom is 0.329 e. The van der Waals surface area contributed by atoms with Crippen LogP contribution in [0, 0.1) is 12.7 Å². The van der Waals surface area contributed by atoms with Crippen molar-refractivity contribution in [3.05, 3.63) is 100.0 Å². The summed E-state index contributed by atoms with van der Waals surface area (Å²) in [6.45, 7) is 1.73. The van der Waals surface area contributed by atoms with Crippen LogP contribution in [-0.2, 0) is 16.1 Å². The maximum atomic E-state index is 13.1. The zero-order chi connectivity index (χ0) is 24.9. The molecule has 1 heterocycles. The minimum absolute atomic E-state index is 0.0144. The Morgan fingerprint density at radius 3 is 2.49 bits per heavy atom. The highest BCUT2D eigenvalue weighted by atomic mass is 35.5. The van der Waals surface area contributed by atoms with E-state index in [1.807, 2.05) is 19.1 Å². The molecule has 4 amide bonds. The molecular weight excluding hydrogens is 473 g/mol. The molecule has 3 aromatic rings. The van der Waals surface area contributed by atoms with E-state index in [2.05, 4.69) is 10.6 Å². The number of rotatable bonds is 7. The van der Waals surface area contributed by atoms with Gasteiger partial charge in [0.05, 0.1) is 11.6 Å². The molecule has 1 aliphatic rings. The Balaban J connectivity index is 1.37. The predicted molar refractivity (Wildman–Crippen MR) is 130 cm³/mol. The highest BCUT2D eigenvalue weighted by Gasteiger charge is 2.33. The summed E-state index contributed by atoms with van der Waals surface area (Å²) in [6.07, 6.45) is 1.49. The molecule has 9 heteroatoms. The average Bonchev–Trinajstić information content (AvgIpc) is 3.08. The summed E-state index contributed by atoms with van der Waals surface area (Å²) >= 11 is 6.29. The van der Waals surface area contributed by atoms with Crippen molar-refractivity contribution in [2.45, 2.75) is 13.5 Å². The van der Waals surface area contributed by atoms with Gasteiger partial charge in [0.2, 0.25) is 0 Å². The molecule has 0 atom stereocenters. The standard InChI is InChI=1S/C26H21ClFN3O4/c1-16-2-9-20(10-3-16)29-24(32)15-35-23-11-6-18(12-21(23)27)13-22-25(33)31(26(34)30-22)14-17-4-7-19(28)8-5-17/h2-13H,14-15H2,1H3,(H,29,32)(H,30,34)/b22-13+. The third-order valence-electron chi connectivity index (χ3n) is 5.18. The lowest BCUT2D eigenvalue weighted by atomic mass is 10.1. The monoisotopic (exact) mass is 493 g/mol. The third-order valence-corrected chi connectivity index (χ3v) is 5.47. The van der Waals surface area contributed by atoms with Crippen LogP contribution >= 0.6 is 11.6 Å². The number of nitrogens with one attached hydrogen (secondary N) is 2. The van der Waals surface area contributed by atoms with Gasteiger partial charge in [0.1, 0.15) is 17.3 Å². The number of hydrogen-bond acceptors (Lipinski definition) is 4. The second-order valence-electron chi connectivity index (χ2n) is 7.90. The Labute approximate surface area is 206 Å². The molecule has 35 heavy (non-hydrogen) atoms. The van der Waals surface area contributed by atoms with Crippen LogP contribution < -0.4 is 15.4 Å². The van der Waals surface area contributed by atoms with Gasteiger partial charge in [-0.2, -0.15) is 0 Å². The SMILES string of the molecule is Cc1ccc(NC(=O)COc2ccc(/C=C3/NC(=O)N(Cc4ccc(F)cc4)C3=O)cc2Cl)cc1. The highest BCUT2D eigenvalue weighted by Crippen LogP contribution is 2.27. The van der Waals surface area contributed by atoms with Gasteiger partial charge < -0.3 is 15.4 Å². The van der Waals surface area contributed by atoms with E-state index >= 15 is 0 Å². The van der Waals surface area contributed by atoms with Crippen molar-refractivity contribution >= 4 is 41.2 Å². The quantitative estimate of drug-likeness (QED) is 0.362. The number of nitrogens with zero attached hydrogens (tertiary/aromatic N) is 1. The van der Waals surface area contributed by atoms with Gasteiger partial charge in [-0.05, 0) is 60.5 Å². The molecule has 0 aromatic heterocycles. The van der Waals surface area contributed by atoms with Crippen molar-refractivity contribution in [1.82, 2.24) is 10.2 Å². The maximum absolute atomic E-state index is 13.1. The first-order valence-electron chi connectivity index (χ1n) is 10.7. The van der Waals surface area contributed by atoms with Gasteiger partial charge in [0.25, 0.3) is 11.8 Å². The van der Waals surface area contributed by atoms with E-state index in [1.165, 1.54) is 30.3 Å². The molecule has 3 aromatic carbocycles. The fraction of sp³-hybridized carbons (Fsp3) is 0.115. The van der Waals surface area contributed by atoms with Crippen LogP contribution in [0.25, 0.3) is 6.08 Å². The lowest BCUT2D eigenvalue weighted by Crippen LogP contribution is -2.30. The van der Waals surface area contributed by atoms with Gasteiger partial charge in [0, 0.05) is 5.69 Å². The number of halogens is 2. The summed E-state index contributed by atoms with van der Waals surface area (Å²) < 4.78 is 18.6. The molecule has 0 saturated carbocycles. The van der Waals surface area contributed by atoms with Gasteiger partial charge in [-0.1, -0.05) is 47.5 Å². The Hall–Kier alpha value is -4.17.